The van der Waals surface area contributed by atoms with E-state index in [1.54, 1.807) is 30.5 Å². The lowest BCUT2D eigenvalue weighted by Crippen LogP contribution is -2.44. The van der Waals surface area contributed by atoms with E-state index in [4.69, 9.17) is 9.72 Å². The van der Waals surface area contributed by atoms with Crippen molar-refractivity contribution in [1.29, 1.82) is 0 Å². The third-order valence-electron chi connectivity index (χ3n) is 6.44. The second-order valence-corrected chi connectivity index (χ2v) is 7.99. The van der Waals surface area contributed by atoms with Crippen LogP contribution in [0.1, 0.15) is 48.1 Å². The first-order valence-electron chi connectivity index (χ1n) is 10.1. The number of pyridine rings is 2. The van der Waals surface area contributed by atoms with Gasteiger partial charge in [0.1, 0.15) is 12.4 Å². The molecule has 1 N–H and O–H groups in total. The van der Waals surface area contributed by atoms with Crippen molar-refractivity contribution < 1.29 is 19.0 Å². The summed E-state index contributed by atoms with van der Waals surface area (Å²) in [4.78, 5) is 30.2. The Bertz CT molecular complexity index is 1330. The molecule has 0 amide bonds. The third-order valence-corrected chi connectivity index (χ3v) is 6.44. The van der Waals surface area contributed by atoms with Crippen molar-refractivity contribution in [2.45, 2.75) is 52.4 Å². The van der Waals surface area contributed by atoms with E-state index in [1.807, 2.05) is 6.92 Å². The fourth-order valence-corrected chi connectivity index (χ4v) is 4.70. The zero-order valence-corrected chi connectivity index (χ0v) is 17.0. The average Bonchev–Trinajstić information content (AvgIpc) is 3.09. The van der Waals surface area contributed by atoms with E-state index in [0.29, 0.717) is 41.0 Å². The molecule has 0 radical (unpaired) electrons. The van der Waals surface area contributed by atoms with Gasteiger partial charge in [0.25, 0.3) is 5.56 Å². The van der Waals surface area contributed by atoms with Gasteiger partial charge >= 0.3 is 5.97 Å². The van der Waals surface area contributed by atoms with Gasteiger partial charge in [-0.05, 0) is 43.0 Å². The number of nitrogens with zero attached hydrogens (tertiary/aromatic N) is 2. The maximum absolute atomic E-state index is 14.2. The summed E-state index contributed by atoms with van der Waals surface area (Å²) in [6.07, 6.45) is 0.791. The fourth-order valence-electron chi connectivity index (χ4n) is 4.70. The van der Waals surface area contributed by atoms with Crippen LogP contribution in [0.2, 0.25) is 0 Å². The maximum atomic E-state index is 14.2. The quantitative estimate of drug-likeness (QED) is 0.516. The van der Waals surface area contributed by atoms with Crippen LogP contribution in [0.5, 0.6) is 0 Å². The zero-order chi connectivity index (χ0) is 21.4. The molecule has 154 valence electrons. The number of cyclic esters (lactones) is 1. The van der Waals surface area contributed by atoms with Gasteiger partial charge in [-0.15, -0.1) is 0 Å². The maximum Gasteiger partial charge on any atom is 0.343 e. The molecule has 4 heterocycles. The van der Waals surface area contributed by atoms with E-state index in [2.05, 4.69) is 0 Å². The summed E-state index contributed by atoms with van der Waals surface area (Å²) in [6, 6.07) is 4.90. The monoisotopic (exact) mass is 408 g/mol. The Hall–Kier alpha value is -3.06. The van der Waals surface area contributed by atoms with Gasteiger partial charge < -0.3 is 14.4 Å². The molecule has 7 heteroatoms. The van der Waals surface area contributed by atoms with Crippen LogP contribution in [-0.2, 0) is 34.7 Å². The number of fused-ring (bicyclic) bond motifs is 5. The molecule has 1 aromatic carbocycles. The first-order valence-corrected chi connectivity index (χ1v) is 10.1. The molecule has 0 spiro atoms. The zero-order valence-electron chi connectivity index (χ0n) is 17.0. The molecular formula is C23H21FN2O4. The number of rotatable bonds is 2. The number of esters is 1. The minimum atomic E-state index is -1.86. The molecule has 30 heavy (non-hydrogen) atoms. The number of benzene rings is 1. The molecule has 0 unspecified atom stereocenters. The number of aromatic nitrogens is 2. The smallest absolute Gasteiger partial charge is 0.343 e. The molecular weight excluding hydrogens is 387 g/mol. The van der Waals surface area contributed by atoms with E-state index in [-0.39, 0.29) is 30.0 Å². The molecule has 0 fully saturated rings. The van der Waals surface area contributed by atoms with Gasteiger partial charge in [0.2, 0.25) is 0 Å². The summed E-state index contributed by atoms with van der Waals surface area (Å²) in [5.74, 6) is -1.08. The Morgan fingerprint density at radius 3 is 2.70 bits per heavy atom. The predicted molar refractivity (Wildman–Crippen MR) is 109 cm³/mol. The Morgan fingerprint density at radius 2 is 2.00 bits per heavy atom. The van der Waals surface area contributed by atoms with Gasteiger partial charge in [-0.25, -0.2) is 14.2 Å². The number of halogens is 1. The van der Waals surface area contributed by atoms with Crippen molar-refractivity contribution in [2.24, 2.45) is 0 Å². The van der Waals surface area contributed by atoms with Crippen molar-refractivity contribution in [2.75, 3.05) is 0 Å². The van der Waals surface area contributed by atoms with Crippen molar-refractivity contribution in [3.05, 3.63) is 62.2 Å². The number of aliphatic hydroxyl groups is 1. The molecule has 5 rings (SSSR count). The van der Waals surface area contributed by atoms with Crippen LogP contribution in [0, 0.1) is 12.7 Å². The van der Waals surface area contributed by atoms with Crippen molar-refractivity contribution >= 4 is 16.9 Å². The first-order chi connectivity index (χ1) is 14.3. The molecule has 2 aliphatic rings. The van der Waals surface area contributed by atoms with Crippen LogP contribution in [0.25, 0.3) is 22.3 Å². The predicted octanol–water partition coefficient (Wildman–Crippen LogP) is 3.09. The number of hydrogen-bond donors (Lipinski definition) is 1. The summed E-state index contributed by atoms with van der Waals surface area (Å²) in [5, 5.41) is 11.8. The van der Waals surface area contributed by atoms with E-state index in [0.717, 1.165) is 16.5 Å². The van der Waals surface area contributed by atoms with Crippen molar-refractivity contribution in [1.82, 2.24) is 9.55 Å². The van der Waals surface area contributed by atoms with Crippen LogP contribution in [0.15, 0.2) is 23.0 Å². The van der Waals surface area contributed by atoms with Gasteiger partial charge in [0, 0.05) is 22.6 Å². The lowest BCUT2D eigenvalue weighted by molar-refractivity contribution is -0.172. The van der Waals surface area contributed by atoms with Gasteiger partial charge in [0.05, 0.1) is 29.0 Å². The summed E-state index contributed by atoms with van der Waals surface area (Å²) in [5.41, 5.74) is 2.56. The normalized spacial score (nSPS) is 19.4. The minimum Gasteiger partial charge on any atom is -0.458 e. The van der Waals surface area contributed by atoms with Gasteiger partial charge in [-0.2, -0.15) is 0 Å². The molecule has 0 saturated heterocycles. The highest BCUT2D eigenvalue weighted by molar-refractivity contribution is 5.89. The Morgan fingerprint density at radius 1 is 1.23 bits per heavy atom. The van der Waals surface area contributed by atoms with Crippen LogP contribution in [0.3, 0.4) is 0 Å². The number of carbonyl (C=O) groups is 1. The van der Waals surface area contributed by atoms with E-state index in [9.17, 15) is 19.1 Å². The van der Waals surface area contributed by atoms with Crippen LogP contribution < -0.4 is 5.56 Å². The molecule has 0 bridgehead atoms. The first kappa shape index (κ1) is 18.9. The molecule has 2 aliphatic heterocycles. The number of aryl methyl sites for hydroxylation is 2. The van der Waals surface area contributed by atoms with Crippen LogP contribution in [-0.4, -0.2) is 20.6 Å². The standard InChI is InChI=1S/C23H21FN2O4/c1-4-12-13-6-11(3)17(24)8-18(13)25-20-14(12)9-26-19(20)7-16-15(21(26)27)10-30-22(28)23(16,29)5-2/h6-8,29H,4-5,9-10H2,1-3H3/t23-/m0/s1. The third kappa shape index (κ3) is 2.29. The topological polar surface area (TPSA) is 81.4 Å². The fraction of sp³-hybridized carbons (Fsp3) is 0.348. The average molecular weight is 408 g/mol. The summed E-state index contributed by atoms with van der Waals surface area (Å²) in [7, 11) is 0. The Labute approximate surface area is 171 Å². The summed E-state index contributed by atoms with van der Waals surface area (Å²) in [6.45, 7) is 5.59. The highest BCUT2D eigenvalue weighted by Gasteiger charge is 2.45. The van der Waals surface area contributed by atoms with E-state index >= 15 is 0 Å². The SMILES string of the molecule is CCc1c2c(nc3cc(F)c(C)cc13)-c1cc3c(c(=O)n1C2)COC(=O)[C@]3(O)CC. The molecule has 6 nitrogen and oxygen atoms in total. The Balaban J connectivity index is 1.84. The number of hydrogen-bond acceptors (Lipinski definition) is 5. The lowest BCUT2D eigenvalue weighted by Gasteiger charge is -2.31. The van der Waals surface area contributed by atoms with Gasteiger partial charge in [-0.1, -0.05) is 13.8 Å². The second kappa shape index (κ2) is 6.22. The highest BCUT2D eigenvalue weighted by atomic mass is 19.1. The van der Waals surface area contributed by atoms with Crippen LogP contribution in [0.4, 0.5) is 4.39 Å². The molecule has 3 aromatic rings. The lowest BCUT2D eigenvalue weighted by atomic mass is 9.86. The molecule has 0 aliphatic carbocycles. The second-order valence-electron chi connectivity index (χ2n) is 7.99. The summed E-state index contributed by atoms with van der Waals surface area (Å²) < 4.78 is 20.9. The largest absolute Gasteiger partial charge is 0.458 e. The molecule has 1 atom stereocenters. The van der Waals surface area contributed by atoms with Crippen molar-refractivity contribution in [3.8, 4) is 11.4 Å². The van der Waals surface area contributed by atoms with Gasteiger partial charge in [0.15, 0.2) is 5.60 Å². The highest BCUT2D eigenvalue weighted by Crippen LogP contribution is 2.40. The molecule has 0 saturated carbocycles. The number of ether oxygens (including phenoxy) is 1. The van der Waals surface area contributed by atoms with E-state index in [1.165, 1.54) is 6.07 Å². The van der Waals surface area contributed by atoms with Gasteiger partial charge in [-0.3, -0.25) is 4.79 Å². The van der Waals surface area contributed by atoms with E-state index < -0.39 is 11.6 Å². The minimum absolute atomic E-state index is 0.0877. The van der Waals surface area contributed by atoms with Crippen molar-refractivity contribution in [3.63, 3.8) is 0 Å². The summed E-state index contributed by atoms with van der Waals surface area (Å²) >= 11 is 0. The molecule has 2 aromatic heterocycles. The Kier molecular flexibility index (Phi) is 3.92. The number of carbonyl (C=O) groups excluding carboxylic acids is 1. The van der Waals surface area contributed by atoms with Crippen LogP contribution >= 0.6 is 0 Å².